The molecule has 1 aromatic rings. The van der Waals surface area contributed by atoms with E-state index in [1.54, 1.807) is 6.33 Å². The second-order valence-electron chi connectivity index (χ2n) is 6.01. The molecule has 1 fully saturated rings. The molecule has 1 heterocycles. The number of aromatic nitrogens is 3. The zero-order valence-electron chi connectivity index (χ0n) is 11.9. The maximum absolute atomic E-state index is 12.3. The summed E-state index contributed by atoms with van der Waals surface area (Å²) in [6, 6.07) is 0.286. The Morgan fingerprint density at radius 2 is 2.11 bits per heavy atom. The van der Waals surface area contributed by atoms with Gasteiger partial charge in [0.1, 0.15) is 17.9 Å². The Bertz CT molecular complexity index is 419. The number of ketones is 1. The van der Waals surface area contributed by atoms with E-state index in [2.05, 4.69) is 23.9 Å². The van der Waals surface area contributed by atoms with Crippen LogP contribution in [0.2, 0.25) is 0 Å². The van der Waals surface area contributed by atoms with Crippen molar-refractivity contribution in [2.45, 2.75) is 58.5 Å². The van der Waals surface area contributed by atoms with Crippen molar-refractivity contribution in [3.63, 3.8) is 0 Å². The summed E-state index contributed by atoms with van der Waals surface area (Å²) in [6.07, 6.45) is 5.75. The number of rotatable bonds is 5. The molecule has 106 valence electrons. The van der Waals surface area contributed by atoms with Crippen LogP contribution in [0.25, 0.3) is 0 Å². The van der Waals surface area contributed by atoms with Gasteiger partial charge in [0.2, 0.25) is 0 Å². The highest BCUT2D eigenvalue weighted by atomic mass is 16.1. The van der Waals surface area contributed by atoms with Gasteiger partial charge >= 0.3 is 0 Å². The van der Waals surface area contributed by atoms with Gasteiger partial charge in [-0.25, -0.2) is 9.67 Å². The van der Waals surface area contributed by atoms with E-state index >= 15 is 0 Å². The van der Waals surface area contributed by atoms with Crippen LogP contribution in [0.4, 0.5) is 0 Å². The Labute approximate surface area is 114 Å². The first-order chi connectivity index (χ1) is 9.06. The van der Waals surface area contributed by atoms with Crippen LogP contribution in [0.5, 0.6) is 0 Å². The van der Waals surface area contributed by atoms with Crippen molar-refractivity contribution >= 4 is 5.78 Å². The molecule has 5 nitrogen and oxygen atoms in total. The van der Waals surface area contributed by atoms with E-state index in [1.165, 1.54) is 0 Å². The molecule has 5 heteroatoms. The van der Waals surface area contributed by atoms with Gasteiger partial charge in [-0.05, 0) is 31.6 Å². The minimum Gasteiger partial charge on any atom is -0.328 e. The van der Waals surface area contributed by atoms with Crippen LogP contribution in [0.1, 0.15) is 45.4 Å². The van der Waals surface area contributed by atoms with Crippen molar-refractivity contribution in [2.24, 2.45) is 17.6 Å². The molecule has 0 spiro atoms. The predicted molar refractivity (Wildman–Crippen MR) is 73.5 cm³/mol. The van der Waals surface area contributed by atoms with Crippen LogP contribution in [-0.2, 0) is 17.8 Å². The van der Waals surface area contributed by atoms with Crippen LogP contribution in [-0.4, -0.2) is 26.6 Å². The molecular formula is C14H24N4O. The number of nitrogens with zero attached hydrogens (tertiary/aromatic N) is 3. The molecule has 1 aliphatic carbocycles. The fraction of sp³-hybridized carbons (Fsp3) is 0.786. The lowest BCUT2D eigenvalue weighted by molar-refractivity contribution is -0.123. The Kier molecular flexibility index (Phi) is 4.69. The molecule has 0 atom stereocenters. The second kappa shape index (κ2) is 6.28. The zero-order chi connectivity index (χ0) is 13.8. The number of carbonyl (C=O) groups excluding carboxylic acids is 1. The van der Waals surface area contributed by atoms with Crippen molar-refractivity contribution in [1.82, 2.24) is 14.8 Å². The Balaban J connectivity index is 1.93. The van der Waals surface area contributed by atoms with Crippen LogP contribution in [0, 0.1) is 11.8 Å². The lowest BCUT2D eigenvalue weighted by Crippen LogP contribution is -2.31. The van der Waals surface area contributed by atoms with E-state index in [4.69, 9.17) is 5.73 Å². The minimum absolute atomic E-state index is 0.170. The largest absolute Gasteiger partial charge is 0.328 e. The standard InChI is InChI=1S/C14H24N4O/c1-10(2)8-18-14(16-9-17-18)7-13(19)11-3-5-12(15)6-4-11/h9-12H,3-8,15H2,1-2H3. The summed E-state index contributed by atoms with van der Waals surface area (Å²) in [5.41, 5.74) is 5.87. The van der Waals surface area contributed by atoms with Crippen LogP contribution in [0.3, 0.4) is 0 Å². The second-order valence-corrected chi connectivity index (χ2v) is 6.01. The topological polar surface area (TPSA) is 73.8 Å². The zero-order valence-corrected chi connectivity index (χ0v) is 11.9. The van der Waals surface area contributed by atoms with Gasteiger partial charge in [-0.2, -0.15) is 5.10 Å². The summed E-state index contributed by atoms with van der Waals surface area (Å²) in [4.78, 5) is 16.5. The van der Waals surface area contributed by atoms with Crippen molar-refractivity contribution in [1.29, 1.82) is 0 Å². The SMILES string of the molecule is CC(C)Cn1ncnc1CC(=O)C1CCC(N)CC1. The molecule has 2 rings (SSSR count). The highest BCUT2D eigenvalue weighted by Gasteiger charge is 2.25. The van der Waals surface area contributed by atoms with Gasteiger partial charge < -0.3 is 5.73 Å². The van der Waals surface area contributed by atoms with Gasteiger partial charge in [-0.15, -0.1) is 0 Å². The maximum atomic E-state index is 12.3. The summed E-state index contributed by atoms with van der Waals surface area (Å²) >= 11 is 0. The number of hydrogen-bond donors (Lipinski definition) is 1. The highest BCUT2D eigenvalue weighted by Crippen LogP contribution is 2.24. The quantitative estimate of drug-likeness (QED) is 0.876. The van der Waals surface area contributed by atoms with Crippen LogP contribution >= 0.6 is 0 Å². The molecule has 0 unspecified atom stereocenters. The van der Waals surface area contributed by atoms with Gasteiger partial charge in [-0.3, -0.25) is 4.79 Å². The number of nitrogens with two attached hydrogens (primary N) is 1. The minimum atomic E-state index is 0.170. The fourth-order valence-corrected chi connectivity index (χ4v) is 2.66. The average Bonchev–Trinajstić information content (AvgIpc) is 2.76. The molecule has 1 aliphatic rings. The lowest BCUT2D eigenvalue weighted by Gasteiger charge is -2.24. The van der Waals surface area contributed by atoms with E-state index in [0.29, 0.717) is 18.1 Å². The van der Waals surface area contributed by atoms with E-state index in [0.717, 1.165) is 38.1 Å². The molecule has 19 heavy (non-hydrogen) atoms. The third-order valence-electron chi connectivity index (χ3n) is 3.79. The molecule has 0 bridgehead atoms. The molecule has 1 aromatic heterocycles. The van der Waals surface area contributed by atoms with Crippen molar-refractivity contribution < 1.29 is 4.79 Å². The molecule has 0 radical (unpaired) electrons. The smallest absolute Gasteiger partial charge is 0.143 e. The molecule has 0 aliphatic heterocycles. The maximum Gasteiger partial charge on any atom is 0.143 e. The summed E-state index contributed by atoms with van der Waals surface area (Å²) in [7, 11) is 0. The fourth-order valence-electron chi connectivity index (χ4n) is 2.66. The van der Waals surface area contributed by atoms with Crippen LogP contribution < -0.4 is 5.73 Å². The van der Waals surface area contributed by atoms with E-state index in [-0.39, 0.29) is 12.0 Å². The van der Waals surface area contributed by atoms with Gasteiger partial charge in [0.25, 0.3) is 0 Å². The van der Waals surface area contributed by atoms with Gasteiger partial charge in [-0.1, -0.05) is 13.8 Å². The molecule has 0 amide bonds. The highest BCUT2D eigenvalue weighted by molar-refractivity contribution is 5.82. The summed E-state index contributed by atoms with van der Waals surface area (Å²) in [5.74, 6) is 1.77. The molecule has 2 N–H and O–H groups in total. The van der Waals surface area contributed by atoms with Gasteiger partial charge in [0.15, 0.2) is 0 Å². The third kappa shape index (κ3) is 3.86. The summed E-state index contributed by atoms with van der Waals surface area (Å²) < 4.78 is 1.86. The molecular weight excluding hydrogens is 240 g/mol. The first kappa shape index (κ1) is 14.2. The van der Waals surface area contributed by atoms with Crippen molar-refractivity contribution in [3.8, 4) is 0 Å². The molecule has 1 saturated carbocycles. The monoisotopic (exact) mass is 264 g/mol. The Morgan fingerprint density at radius 3 is 2.74 bits per heavy atom. The van der Waals surface area contributed by atoms with E-state index < -0.39 is 0 Å². The average molecular weight is 264 g/mol. The van der Waals surface area contributed by atoms with Gasteiger partial charge in [0.05, 0.1) is 6.42 Å². The van der Waals surface area contributed by atoms with Crippen molar-refractivity contribution in [2.75, 3.05) is 0 Å². The number of hydrogen-bond acceptors (Lipinski definition) is 4. The third-order valence-corrected chi connectivity index (χ3v) is 3.79. The first-order valence-corrected chi connectivity index (χ1v) is 7.21. The normalized spacial score (nSPS) is 23.8. The summed E-state index contributed by atoms with van der Waals surface area (Å²) in [5, 5.41) is 4.20. The Hall–Kier alpha value is -1.23. The molecule has 0 aromatic carbocycles. The summed E-state index contributed by atoms with van der Waals surface area (Å²) in [6.45, 7) is 5.09. The van der Waals surface area contributed by atoms with E-state index in [1.807, 2.05) is 4.68 Å². The van der Waals surface area contributed by atoms with Gasteiger partial charge in [0, 0.05) is 18.5 Å². The van der Waals surface area contributed by atoms with Crippen molar-refractivity contribution in [3.05, 3.63) is 12.2 Å². The molecule has 0 saturated heterocycles. The lowest BCUT2D eigenvalue weighted by atomic mass is 9.83. The Morgan fingerprint density at radius 1 is 1.42 bits per heavy atom. The number of carbonyl (C=O) groups is 1. The number of Topliss-reactive ketones (excluding diaryl/α,β-unsaturated/α-hetero) is 1. The van der Waals surface area contributed by atoms with Crippen LogP contribution in [0.15, 0.2) is 6.33 Å². The van der Waals surface area contributed by atoms with E-state index in [9.17, 15) is 4.79 Å². The predicted octanol–water partition coefficient (Wildman–Crippen LogP) is 1.56. The first-order valence-electron chi connectivity index (χ1n) is 7.21.